The first-order valence-corrected chi connectivity index (χ1v) is 5.30. The molecule has 0 spiro atoms. The van der Waals surface area contributed by atoms with E-state index in [4.69, 9.17) is 17.3 Å². The molecule has 0 saturated carbocycles. The minimum Gasteiger partial charge on any atom is -0.326 e. The minimum absolute atomic E-state index is 0.125. The highest BCUT2D eigenvalue weighted by atomic mass is 35.5. The lowest BCUT2D eigenvalue weighted by atomic mass is 9.92. The summed E-state index contributed by atoms with van der Waals surface area (Å²) in [6.07, 6.45) is 5.18. The van der Waals surface area contributed by atoms with Crippen molar-refractivity contribution in [1.29, 1.82) is 0 Å². The van der Waals surface area contributed by atoms with Gasteiger partial charge in [-0.3, -0.25) is 0 Å². The van der Waals surface area contributed by atoms with Crippen LogP contribution in [0.4, 0.5) is 0 Å². The quantitative estimate of drug-likeness (QED) is 0.704. The highest BCUT2D eigenvalue weighted by Crippen LogP contribution is 2.34. The van der Waals surface area contributed by atoms with E-state index in [9.17, 15) is 0 Å². The monoisotopic (exact) mass is 207 g/mol. The van der Waals surface area contributed by atoms with Crippen LogP contribution < -0.4 is 5.73 Å². The van der Waals surface area contributed by atoms with Crippen LogP contribution in [0.3, 0.4) is 0 Å². The SMILES string of the molecule is Cc1cc2c(cc1CN)C=CCC2Cl. The summed E-state index contributed by atoms with van der Waals surface area (Å²) < 4.78 is 0. The molecule has 0 radical (unpaired) electrons. The standard InChI is InChI=1S/C12H14ClN/c1-8-5-11-9(6-10(8)7-14)3-2-4-12(11)13/h2-3,5-6,12H,4,7,14H2,1H3. The van der Waals surface area contributed by atoms with E-state index in [1.807, 2.05) is 0 Å². The van der Waals surface area contributed by atoms with Gasteiger partial charge in [0.25, 0.3) is 0 Å². The molecule has 0 amide bonds. The van der Waals surface area contributed by atoms with E-state index in [0.29, 0.717) is 6.54 Å². The van der Waals surface area contributed by atoms with Gasteiger partial charge in [-0.1, -0.05) is 18.2 Å². The van der Waals surface area contributed by atoms with Crippen molar-refractivity contribution in [3.8, 4) is 0 Å². The van der Waals surface area contributed by atoms with Gasteiger partial charge in [0, 0.05) is 6.54 Å². The van der Waals surface area contributed by atoms with Crippen LogP contribution in [0.25, 0.3) is 6.08 Å². The van der Waals surface area contributed by atoms with E-state index in [0.717, 1.165) is 6.42 Å². The Morgan fingerprint density at radius 2 is 2.29 bits per heavy atom. The van der Waals surface area contributed by atoms with Gasteiger partial charge in [-0.15, -0.1) is 11.6 Å². The van der Waals surface area contributed by atoms with Crippen LogP contribution in [0.1, 0.15) is 34.1 Å². The van der Waals surface area contributed by atoms with Crippen LogP contribution in [0.15, 0.2) is 18.2 Å². The fraction of sp³-hybridized carbons (Fsp3) is 0.333. The Labute approximate surface area is 89.6 Å². The molecule has 2 rings (SSSR count). The Balaban J connectivity index is 2.55. The molecule has 0 fully saturated rings. The third kappa shape index (κ3) is 1.58. The Morgan fingerprint density at radius 3 is 3.00 bits per heavy atom. The van der Waals surface area contributed by atoms with Gasteiger partial charge >= 0.3 is 0 Å². The highest BCUT2D eigenvalue weighted by molar-refractivity contribution is 6.21. The Bertz CT molecular complexity index is 382. The summed E-state index contributed by atoms with van der Waals surface area (Å²) in [5.74, 6) is 0. The fourth-order valence-electron chi connectivity index (χ4n) is 1.87. The molecule has 1 aromatic rings. The van der Waals surface area contributed by atoms with Crippen LogP contribution in [-0.2, 0) is 6.54 Å². The molecular weight excluding hydrogens is 194 g/mol. The Hall–Kier alpha value is -0.790. The first-order chi connectivity index (χ1) is 6.72. The van der Waals surface area contributed by atoms with Crippen LogP contribution in [0, 0.1) is 6.92 Å². The molecule has 2 N–H and O–H groups in total. The van der Waals surface area contributed by atoms with E-state index >= 15 is 0 Å². The third-order valence-electron chi connectivity index (χ3n) is 2.74. The molecule has 0 aliphatic heterocycles. The molecule has 0 saturated heterocycles. The molecule has 0 aromatic heterocycles. The number of benzene rings is 1. The number of allylic oxidation sites excluding steroid dienone is 1. The molecule has 0 heterocycles. The lowest BCUT2D eigenvalue weighted by molar-refractivity contribution is 0.930. The number of rotatable bonds is 1. The molecule has 1 aliphatic carbocycles. The van der Waals surface area contributed by atoms with Crippen molar-refractivity contribution in [1.82, 2.24) is 0 Å². The molecule has 74 valence electrons. The maximum absolute atomic E-state index is 6.23. The molecule has 1 unspecified atom stereocenters. The van der Waals surface area contributed by atoms with Gasteiger partial charge in [-0.25, -0.2) is 0 Å². The lowest BCUT2D eigenvalue weighted by Gasteiger charge is -2.18. The zero-order valence-corrected chi connectivity index (χ0v) is 9.01. The summed E-state index contributed by atoms with van der Waals surface area (Å²) in [4.78, 5) is 0. The van der Waals surface area contributed by atoms with Gasteiger partial charge in [0.05, 0.1) is 5.38 Å². The van der Waals surface area contributed by atoms with Crippen molar-refractivity contribution in [2.45, 2.75) is 25.3 Å². The zero-order valence-electron chi connectivity index (χ0n) is 8.26. The maximum atomic E-state index is 6.23. The highest BCUT2D eigenvalue weighted by Gasteiger charge is 2.15. The van der Waals surface area contributed by atoms with E-state index in [2.05, 4.69) is 31.2 Å². The number of aryl methyl sites for hydroxylation is 1. The molecule has 0 bridgehead atoms. The van der Waals surface area contributed by atoms with E-state index in [-0.39, 0.29) is 5.38 Å². The summed E-state index contributed by atoms with van der Waals surface area (Å²) in [6, 6.07) is 4.31. The number of nitrogens with two attached hydrogens (primary N) is 1. The zero-order chi connectivity index (χ0) is 10.1. The van der Waals surface area contributed by atoms with Crippen LogP contribution >= 0.6 is 11.6 Å². The van der Waals surface area contributed by atoms with Gasteiger partial charge in [-0.2, -0.15) is 0 Å². The van der Waals surface area contributed by atoms with Crippen molar-refractivity contribution in [2.75, 3.05) is 0 Å². The maximum Gasteiger partial charge on any atom is 0.0625 e. The van der Waals surface area contributed by atoms with Crippen molar-refractivity contribution >= 4 is 17.7 Å². The number of halogens is 1. The second-order valence-electron chi connectivity index (χ2n) is 3.72. The van der Waals surface area contributed by atoms with Gasteiger partial charge in [0.2, 0.25) is 0 Å². The Kier molecular flexibility index (Phi) is 2.62. The summed E-state index contributed by atoms with van der Waals surface area (Å²) >= 11 is 6.23. The fourth-order valence-corrected chi connectivity index (χ4v) is 2.16. The predicted molar refractivity (Wildman–Crippen MR) is 61.3 cm³/mol. The number of alkyl halides is 1. The number of hydrogen-bond acceptors (Lipinski definition) is 1. The van der Waals surface area contributed by atoms with Crippen molar-refractivity contribution in [2.24, 2.45) is 5.73 Å². The molecule has 14 heavy (non-hydrogen) atoms. The van der Waals surface area contributed by atoms with Crippen molar-refractivity contribution in [3.05, 3.63) is 40.5 Å². The average molecular weight is 208 g/mol. The van der Waals surface area contributed by atoms with E-state index in [1.165, 1.54) is 22.3 Å². The number of hydrogen-bond donors (Lipinski definition) is 1. The predicted octanol–water partition coefficient (Wildman–Crippen LogP) is 3.15. The van der Waals surface area contributed by atoms with E-state index in [1.54, 1.807) is 0 Å². The third-order valence-corrected chi connectivity index (χ3v) is 3.15. The van der Waals surface area contributed by atoms with Crippen molar-refractivity contribution in [3.63, 3.8) is 0 Å². The molecule has 1 aromatic carbocycles. The minimum atomic E-state index is 0.125. The molecule has 1 nitrogen and oxygen atoms in total. The van der Waals surface area contributed by atoms with Gasteiger partial charge in [0.1, 0.15) is 0 Å². The first-order valence-electron chi connectivity index (χ1n) is 4.86. The molecule has 2 heteroatoms. The van der Waals surface area contributed by atoms with Gasteiger partial charge in [0.15, 0.2) is 0 Å². The Morgan fingerprint density at radius 1 is 1.50 bits per heavy atom. The van der Waals surface area contributed by atoms with E-state index < -0.39 is 0 Å². The summed E-state index contributed by atoms with van der Waals surface area (Å²) in [5.41, 5.74) is 10.6. The second kappa shape index (κ2) is 3.76. The number of fused-ring (bicyclic) bond motifs is 1. The van der Waals surface area contributed by atoms with Crippen molar-refractivity contribution < 1.29 is 0 Å². The first kappa shape index (κ1) is 9.75. The summed E-state index contributed by atoms with van der Waals surface area (Å²) in [7, 11) is 0. The smallest absolute Gasteiger partial charge is 0.0625 e. The van der Waals surface area contributed by atoms with Crippen LogP contribution in [0.5, 0.6) is 0 Å². The van der Waals surface area contributed by atoms with Gasteiger partial charge in [-0.05, 0) is 41.7 Å². The van der Waals surface area contributed by atoms with Gasteiger partial charge < -0.3 is 5.73 Å². The normalized spacial score (nSPS) is 19.5. The summed E-state index contributed by atoms with van der Waals surface area (Å²) in [5, 5.41) is 0.125. The summed E-state index contributed by atoms with van der Waals surface area (Å²) in [6.45, 7) is 2.68. The molecular formula is C12H14ClN. The largest absolute Gasteiger partial charge is 0.326 e. The van der Waals surface area contributed by atoms with Crippen LogP contribution in [-0.4, -0.2) is 0 Å². The van der Waals surface area contributed by atoms with Crippen LogP contribution in [0.2, 0.25) is 0 Å². The molecule has 1 aliphatic rings. The topological polar surface area (TPSA) is 26.0 Å². The molecule has 1 atom stereocenters. The average Bonchev–Trinajstić information content (AvgIpc) is 2.19. The lowest BCUT2D eigenvalue weighted by Crippen LogP contribution is -2.04. The second-order valence-corrected chi connectivity index (χ2v) is 4.24.